The number of carbonyl (C=O) groups is 1. The van der Waals surface area contributed by atoms with E-state index in [0.717, 1.165) is 16.1 Å². The van der Waals surface area contributed by atoms with Crippen molar-refractivity contribution in [2.24, 2.45) is 5.84 Å². The molecule has 0 heterocycles. The summed E-state index contributed by atoms with van der Waals surface area (Å²) in [4.78, 5) is 10.9. The maximum absolute atomic E-state index is 10.9. The van der Waals surface area contributed by atoms with Gasteiger partial charge >= 0.3 is 6.09 Å². The van der Waals surface area contributed by atoms with Gasteiger partial charge in [0.1, 0.15) is 0 Å². The molecular formula is C15H14N2O2. The lowest BCUT2D eigenvalue weighted by atomic mass is 9.97. The van der Waals surface area contributed by atoms with Crippen LogP contribution in [0.2, 0.25) is 0 Å². The summed E-state index contributed by atoms with van der Waals surface area (Å²) in [5.41, 5.74) is 4.62. The Morgan fingerprint density at radius 2 is 1.53 bits per heavy atom. The predicted octanol–water partition coefficient (Wildman–Crippen LogP) is 2.65. The lowest BCUT2D eigenvalue weighted by Crippen LogP contribution is -2.39. The molecule has 0 unspecified atom stereocenters. The van der Waals surface area contributed by atoms with Gasteiger partial charge < -0.3 is 5.11 Å². The minimum Gasteiger partial charge on any atom is -0.464 e. The van der Waals surface area contributed by atoms with Gasteiger partial charge in [0.05, 0.1) is 6.54 Å². The van der Waals surface area contributed by atoms with E-state index in [0.29, 0.717) is 0 Å². The van der Waals surface area contributed by atoms with Gasteiger partial charge in [-0.1, -0.05) is 48.5 Å². The Balaban J connectivity index is 2.07. The molecule has 2 aromatic rings. The number of benzene rings is 2. The second-order valence-corrected chi connectivity index (χ2v) is 4.66. The molecule has 3 N–H and O–H groups in total. The SMILES string of the molecule is NN(CC1c2ccccc2-c2ccccc21)C(=O)O. The minimum absolute atomic E-state index is 0.00787. The van der Waals surface area contributed by atoms with E-state index in [4.69, 9.17) is 10.9 Å². The van der Waals surface area contributed by atoms with Gasteiger partial charge in [0, 0.05) is 5.92 Å². The highest BCUT2D eigenvalue weighted by molar-refractivity contribution is 5.79. The fourth-order valence-electron chi connectivity index (χ4n) is 2.73. The van der Waals surface area contributed by atoms with Crippen LogP contribution in [-0.4, -0.2) is 22.8 Å². The van der Waals surface area contributed by atoms with Crippen molar-refractivity contribution in [2.75, 3.05) is 6.54 Å². The summed E-state index contributed by atoms with van der Waals surface area (Å²) in [5.74, 6) is 5.55. The largest absolute Gasteiger partial charge is 0.464 e. The quantitative estimate of drug-likeness (QED) is 0.492. The van der Waals surface area contributed by atoms with Gasteiger partial charge in [0.25, 0.3) is 0 Å². The van der Waals surface area contributed by atoms with Crippen molar-refractivity contribution in [1.82, 2.24) is 5.01 Å². The highest BCUT2D eigenvalue weighted by Gasteiger charge is 2.29. The highest BCUT2D eigenvalue weighted by Crippen LogP contribution is 2.44. The summed E-state index contributed by atoms with van der Waals surface area (Å²) in [6.07, 6.45) is -1.11. The van der Waals surface area contributed by atoms with Crippen LogP contribution in [0, 0.1) is 0 Å². The summed E-state index contributed by atoms with van der Waals surface area (Å²) >= 11 is 0. The monoisotopic (exact) mass is 254 g/mol. The van der Waals surface area contributed by atoms with Crippen molar-refractivity contribution in [2.45, 2.75) is 5.92 Å². The summed E-state index contributed by atoms with van der Waals surface area (Å²) in [5, 5.41) is 9.79. The van der Waals surface area contributed by atoms with Crippen LogP contribution in [0.1, 0.15) is 17.0 Å². The third-order valence-corrected chi connectivity index (χ3v) is 3.59. The molecule has 0 spiro atoms. The van der Waals surface area contributed by atoms with E-state index in [1.807, 2.05) is 36.4 Å². The second-order valence-electron chi connectivity index (χ2n) is 4.66. The van der Waals surface area contributed by atoms with E-state index in [1.54, 1.807) is 0 Å². The minimum atomic E-state index is -1.11. The normalized spacial score (nSPS) is 12.9. The molecular weight excluding hydrogens is 240 g/mol. The van der Waals surface area contributed by atoms with E-state index in [2.05, 4.69) is 12.1 Å². The molecule has 0 atom stereocenters. The van der Waals surface area contributed by atoms with Crippen molar-refractivity contribution in [1.29, 1.82) is 0 Å². The topological polar surface area (TPSA) is 66.6 Å². The Morgan fingerprint density at radius 1 is 1.05 bits per heavy atom. The van der Waals surface area contributed by atoms with Gasteiger partial charge in [-0.05, 0) is 22.3 Å². The molecule has 0 saturated carbocycles. The zero-order chi connectivity index (χ0) is 13.4. The number of amides is 1. The molecule has 4 nitrogen and oxygen atoms in total. The number of hydrazine groups is 1. The average molecular weight is 254 g/mol. The molecule has 0 saturated heterocycles. The van der Waals surface area contributed by atoms with Gasteiger partial charge in [-0.25, -0.2) is 15.6 Å². The summed E-state index contributed by atoms with van der Waals surface area (Å²) in [6.45, 7) is 0.267. The lowest BCUT2D eigenvalue weighted by molar-refractivity contribution is 0.144. The molecule has 0 aromatic heterocycles. The zero-order valence-corrected chi connectivity index (χ0v) is 10.3. The molecule has 3 rings (SSSR count). The number of hydrogen-bond donors (Lipinski definition) is 2. The highest BCUT2D eigenvalue weighted by atomic mass is 16.4. The van der Waals surface area contributed by atoms with Crippen LogP contribution in [0.5, 0.6) is 0 Å². The molecule has 0 fully saturated rings. The van der Waals surface area contributed by atoms with Crippen LogP contribution in [0.4, 0.5) is 4.79 Å². The number of hydrogen-bond acceptors (Lipinski definition) is 2. The van der Waals surface area contributed by atoms with E-state index >= 15 is 0 Å². The van der Waals surface area contributed by atoms with Crippen LogP contribution in [0.15, 0.2) is 48.5 Å². The van der Waals surface area contributed by atoms with Crippen LogP contribution in [0.25, 0.3) is 11.1 Å². The number of nitrogens with zero attached hydrogens (tertiary/aromatic N) is 1. The van der Waals surface area contributed by atoms with Gasteiger partial charge in [-0.15, -0.1) is 0 Å². The van der Waals surface area contributed by atoms with Crippen molar-refractivity contribution in [3.63, 3.8) is 0 Å². The van der Waals surface area contributed by atoms with Crippen LogP contribution >= 0.6 is 0 Å². The molecule has 1 amide bonds. The second kappa shape index (κ2) is 4.40. The lowest BCUT2D eigenvalue weighted by Gasteiger charge is -2.19. The fourth-order valence-corrected chi connectivity index (χ4v) is 2.73. The van der Waals surface area contributed by atoms with Gasteiger partial charge in [-0.2, -0.15) is 0 Å². The standard InChI is InChI=1S/C15H14N2O2/c16-17(15(18)19)9-14-12-7-3-1-5-10(12)11-6-2-4-8-13(11)14/h1-8,14H,9,16H2,(H,18,19). The first-order chi connectivity index (χ1) is 9.18. The predicted molar refractivity (Wildman–Crippen MR) is 72.6 cm³/mol. The summed E-state index contributed by atoms with van der Waals surface area (Å²) < 4.78 is 0. The van der Waals surface area contributed by atoms with E-state index in [1.165, 1.54) is 11.1 Å². The first kappa shape index (κ1) is 11.7. The van der Waals surface area contributed by atoms with Crippen molar-refractivity contribution in [3.8, 4) is 11.1 Å². The van der Waals surface area contributed by atoms with E-state index in [-0.39, 0.29) is 12.5 Å². The van der Waals surface area contributed by atoms with Crippen LogP contribution in [0.3, 0.4) is 0 Å². The molecule has 19 heavy (non-hydrogen) atoms. The Hall–Kier alpha value is -2.33. The fraction of sp³-hybridized carbons (Fsp3) is 0.133. The average Bonchev–Trinajstić information content (AvgIpc) is 2.74. The maximum atomic E-state index is 10.9. The molecule has 0 radical (unpaired) electrons. The Bertz CT molecular complexity index is 594. The Morgan fingerprint density at radius 3 is 2.00 bits per heavy atom. The number of fused-ring (bicyclic) bond motifs is 3. The van der Waals surface area contributed by atoms with Crippen LogP contribution < -0.4 is 5.84 Å². The Kier molecular flexibility index (Phi) is 2.72. The maximum Gasteiger partial charge on any atom is 0.421 e. The third-order valence-electron chi connectivity index (χ3n) is 3.59. The van der Waals surface area contributed by atoms with E-state index in [9.17, 15) is 4.79 Å². The molecule has 0 bridgehead atoms. The third kappa shape index (κ3) is 1.86. The zero-order valence-electron chi connectivity index (χ0n) is 10.3. The smallest absolute Gasteiger partial charge is 0.421 e. The van der Waals surface area contributed by atoms with Gasteiger partial charge in [0.2, 0.25) is 0 Å². The number of carboxylic acid groups (broad SMARTS) is 1. The first-order valence-corrected chi connectivity index (χ1v) is 6.12. The molecule has 1 aliphatic carbocycles. The summed E-state index contributed by atoms with van der Waals surface area (Å²) in [6, 6.07) is 16.1. The van der Waals surface area contributed by atoms with Gasteiger partial charge in [-0.3, -0.25) is 0 Å². The summed E-state index contributed by atoms with van der Waals surface area (Å²) in [7, 11) is 0. The molecule has 0 aliphatic heterocycles. The molecule has 4 heteroatoms. The van der Waals surface area contributed by atoms with E-state index < -0.39 is 6.09 Å². The van der Waals surface area contributed by atoms with Crippen molar-refractivity contribution in [3.05, 3.63) is 59.7 Å². The Labute approximate surface area is 111 Å². The molecule has 1 aliphatic rings. The molecule has 2 aromatic carbocycles. The number of nitrogens with two attached hydrogens (primary N) is 1. The van der Waals surface area contributed by atoms with Crippen molar-refractivity contribution < 1.29 is 9.90 Å². The van der Waals surface area contributed by atoms with Crippen LogP contribution in [-0.2, 0) is 0 Å². The van der Waals surface area contributed by atoms with Crippen molar-refractivity contribution >= 4 is 6.09 Å². The first-order valence-electron chi connectivity index (χ1n) is 6.12. The number of rotatable bonds is 2. The molecule has 96 valence electrons. The van der Waals surface area contributed by atoms with Gasteiger partial charge in [0.15, 0.2) is 0 Å².